The second kappa shape index (κ2) is 14.1. The number of hydrogen-bond acceptors (Lipinski definition) is 0. The van der Waals surface area contributed by atoms with Crippen LogP contribution in [0.2, 0.25) is 0 Å². The van der Waals surface area contributed by atoms with Crippen LogP contribution in [0.1, 0.15) is 0 Å². The van der Waals surface area contributed by atoms with Crippen LogP contribution in [-0.4, -0.2) is 13.7 Å². The third kappa shape index (κ3) is 5.60. The fraction of sp³-hybridized carbons (Fsp3) is 0. The molecule has 0 unspecified atom stereocenters. The van der Waals surface area contributed by atoms with E-state index in [1.54, 1.807) is 0 Å². The summed E-state index contributed by atoms with van der Waals surface area (Å²) >= 11 is 0. The fourth-order valence-corrected chi connectivity index (χ4v) is 10.2. The third-order valence-electron chi connectivity index (χ3n) is 13.0. The summed E-state index contributed by atoms with van der Waals surface area (Å²) in [5.74, 6) is 0. The minimum Gasteiger partial charge on any atom is -0.309 e. The van der Waals surface area contributed by atoms with Crippen molar-refractivity contribution in [3.05, 3.63) is 237 Å². The number of benzene rings is 10. The van der Waals surface area contributed by atoms with Gasteiger partial charge in [-0.3, -0.25) is 0 Å². The highest BCUT2D eigenvalue weighted by molar-refractivity contribution is 6.13. The molecule has 63 heavy (non-hydrogen) atoms. The Labute approximate surface area is 364 Å². The van der Waals surface area contributed by atoms with Crippen molar-refractivity contribution in [1.82, 2.24) is 13.7 Å². The first-order chi connectivity index (χ1) is 31.2. The van der Waals surface area contributed by atoms with Gasteiger partial charge >= 0.3 is 0 Å². The fourth-order valence-electron chi connectivity index (χ4n) is 10.2. The molecule has 0 saturated carbocycles. The maximum Gasteiger partial charge on any atom is 0.0541 e. The van der Waals surface area contributed by atoms with E-state index in [1.165, 1.54) is 98.8 Å². The van der Waals surface area contributed by atoms with Gasteiger partial charge in [-0.05, 0) is 143 Å². The smallest absolute Gasteiger partial charge is 0.0541 e. The highest BCUT2D eigenvalue weighted by Crippen LogP contribution is 2.41. The zero-order chi connectivity index (χ0) is 41.4. The molecule has 13 aromatic rings. The van der Waals surface area contributed by atoms with Gasteiger partial charge in [0.15, 0.2) is 0 Å². The quantitative estimate of drug-likeness (QED) is 0.159. The molecule has 0 spiro atoms. The molecule has 0 aliphatic heterocycles. The molecule has 0 bridgehead atoms. The average Bonchev–Trinajstić information content (AvgIpc) is 3.99. The van der Waals surface area contributed by atoms with Crippen LogP contribution in [0.4, 0.5) is 0 Å². The Morgan fingerprint density at radius 2 is 0.429 bits per heavy atom. The van der Waals surface area contributed by atoms with Crippen molar-refractivity contribution in [3.63, 3.8) is 0 Å². The van der Waals surface area contributed by atoms with Crippen LogP contribution in [0.3, 0.4) is 0 Å². The summed E-state index contributed by atoms with van der Waals surface area (Å²) in [6.45, 7) is 0. The van der Waals surface area contributed by atoms with Crippen molar-refractivity contribution in [2.45, 2.75) is 0 Å². The number of aromatic nitrogens is 3. The second-order valence-corrected chi connectivity index (χ2v) is 16.6. The first-order valence-corrected chi connectivity index (χ1v) is 21.7. The van der Waals surface area contributed by atoms with Gasteiger partial charge in [0.2, 0.25) is 0 Å². The van der Waals surface area contributed by atoms with E-state index in [0.29, 0.717) is 0 Å². The van der Waals surface area contributed by atoms with Crippen LogP contribution in [0.25, 0.3) is 116 Å². The van der Waals surface area contributed by atoms with E-state index in [1.807, 2.05) is 0 Å². The molecule has 10 aromatic carbocycles. The van der Waals surface area contributed by atoms with E-state index in [0.717, 1.165) is 17.1 Å². The number of para-hydroxylation sites is 6. The van der Waals surface area contributed by atoms with Crippen molar-refractivity contribution in [1.29, 1.82) is 0 Å². The number of rotatable bonds is 6. The normalized spacial score (nSPS) is 11.8. The van der Waals surface area contributed by atoms with E-state index < -0.39 is 0 Å². The van der Waals surface area contributed by atoms with Crippen molar-refractivity contribution >= 4 is 65.4 Å². The summed E-state index contributed by atoms with van der Waals surface area (Å²) in [4.78, 5) is 0. The average molecular weight is 802 g/mol. The highest BCUT2D eigenvalue weighted by atomic mass is 15.0. The predicted octanol–water partition coefficient (Wildman–Crippen LogP) is 16.0. The minimum atomic E-state index is 1.16. The van der Waals surface area contributed by atoms with E-state index in [9.17, 15) is 0 Å². The molecule has 3 nitrogen and oxygen atoms in total. The Morgan fingerprint density at radius 3 is 0.730 bits per heavy atom. The molecule has 0 N–H and O–H groups in total. The van der Waals surface area contributed by atoms with Gasteiger partial charge in [0.05, 0.1) is 33.1 Å². The summed E-state index contributed by atoms with van der Waals surface area (Å²) in [6.07, 6.45) is 0. The van der Waals surface area contributed by atoms with Gasteiger partial charge in [-0.1, -0.05) is 127 Å². The van der Waals surface area contributed by atoms with Gasteiger partial charge in [-0.25, -0.2) is 0 Å². The maximum atomic E-state index is 2.40. The van der Waals surface area contributed by atoms with E-state index >= 15 is 0 Å². The number of fused-ring (bicyclic) bond motifs is 9. The first kappa shape index (κ1) is 35.4. The lowest BCUT2D eigenvalue weighted by Crippen LogP contribution is -1.93. The van der Waals surface area contributed by atoms with Crippen LogP contribution in [0.15, 0.2) is 237 Å². The zero-order valence-corrected chi connectivity index (χ0v) is 34.4. The summed E-state index contributed by atoms with van der Waals surface area (Å²) in [6, 6.07) is 86.6. The molecular weight excluding hydrogens is 763 g/mol. The topological polar surface area (TPSA) is 14.8 Å². The van der Waals surface area contributed by atoms with Gasteiger partial charge in [-0.15, -0.1) is 0 Å². The molecule has 3 heterocycles. The Hall–Kier alpha value is -8.40. The molecule has 3 aromatic heterocycles. The maximum absolute atomic E-state index is 2.40. The van der Waals surface area contributed by atoms with E-state index in [4.69, 9.17) is 0 Å². The predicted molar refractivity (Wildman–Crippen MR) is 266 cm³/mol. The third-order valence-corrected chi connectivity index (χ3v) is 13.0. The van der Waals surface area contributed by atoms with Gasteiger partial charge in [0.1, 0.15) is 0 Å². The Bertz CT molecular complexity index is 3470. The standard InChI is InChI=1S/C60H39N3/c1-4-16-46(17-5-1)61-55-25-13-10-22-49(55)52-37-40(28-31-58(52)61)43-34-44(41-29-32-59-53(38-41)50-23-11-14-26-56(50)62(59)47-18-6-2-7-19-47)36-45(35-43)42-30-33-60-54(39-42)51-24-12-15-27-57(51)63(60)48-20-8-3-9-21-48/h1-39H. The van der Waals surface area contributed by atoms with Crippen LogP contribution in [0, 0.1) is 0 Å². The lowest BCUT2D eigenvalue weighted by Gasteiger charge is -2.13. The van der Waals surface area contributed by atoms with Crippen LogP contribution in [-0.2, 0) is 0 Å². The Morgan fingerprint density at radius 1 is 0.175 bits per heavy atom. The number of hydrogen-bond donors (Lipinski definition) is 0. The van der Waals surface area contributed by atoms with Gasteiger partial charge in [-0.2, -0.15) is 0 Å². The molecule has 294 valence electrons. The Kier molecular flexibility index (Phi) is 7.91. The lowest BCUT2D eigenvalue weighted by molar-refractivity contribution is 1.18. The van der Waals surface area contributed by atoms with Crippen molar-refractivity contribution in [2.24, 2.45) is 0 Å². The number of nitrogens with zero attached hydrogens (tertiary/aromatic N) is 3. The SMILES string of the molecule is c1ccc(-n2c3ccccc3c3cc(-c4cc(-c5ccc6c(c5)c5ccccc5n6-c5ccccc5)cc(-c5ccc6c(c5)c5ccccc5n6-c5ccccc5)c4)ccc32)cc1. The summed E-state index contributed by atoms with van der Waals surface area (Å²) in [7, 11) is 0. The molecular formula is C60H39N3. The molecule has 0 fully saturated rings. The van der Waals surface area contributed by atoms with Crippen LogP contribution in [0.5, 0.6) is 0 Å². The molecule has 0 saturated heterocycles. The van der Waals surface area contributed by atoms with Crippen molar-refractivity contribution in [2.75, 3.05) is 0 Å². The van der Waals surface area contributed by atoms with E-state index in [2.05, 4.69) is 250 Å². The monoisotopic (exact) mass is 801 g/mol. The largest absolute Gasteiger partial charge is 0.309 e. The van der Waals surface area contributed by atoms with Crippen LogP contribution >= 0.6 is 0 Å². The molecule has 3 heteroatoms. The van der Waals surface area contributed by atoms with Crippen molar-refractivity contribution in [3.8, 4) is 50.4 Å². The molecule has 0 aliphatic rings. The molecule has 0 radical (unpaired) electrons. The molecule has 0 aliphatic carbocycles. The second-order valence-electron chi connectivity index (χ2n) is 16.6. The zero-order valence-electron chi connectivity index (χ0n) is 34.4. The van der Waals surface area contributed by atoms with Gasteiger partial charge in [0, 0.05) is 49.4 Å². The summed E-state index contributed by atoms with van der Waals surface area (Å²) < 4.78 is 7.16. The molecule has 0 amide bonds. The van der Waals surface area contributed by atoms with Gasteiger partial charge in [0.25, 0.3) is 0 Å². The van der Waals surface area contributed by atoms with Crippen molar-refractivity contribution < 1.29 is 0 Å². The lowest BCUT2D eigenvalue weighted by atomic mass is 9.92. The Balaban J connectivity index is 1.04. The summed E-state index contributed by atoms with van der Waals surface area (Å²) in [5, 5.41) is 7.46. The minimum absolute atomic E-state index is 1.16. The molecule has 13 rings (SSSR count). The molecule has 0 atom stereocenters. The first-order valence-electron chi connectivity index (χ1n) is 21.7. The highest BCUT2D eigenvalue weighted by Gasteiger charge is 2.18. The van der Waals surface area contributed by atoms with Gasteiger partial charge < -0.3 is 13.7 Å². The summed E-state index contributed by atoms with van der Waals surface area (Å²) in [5.41, 5.74) is 17.8. The van der Waals surface area contributed by atoms with Crippen LogP contribution < -0.4 is 0 Å². The van der Waals surface area contributed by atoms with E-state index in [-0.39, 0.29) is 0 Å².